The van der Waals surface area contributed by atoms with Gasteiger partial charge in [0.25, 0.3) is 5.91 Å². The number of carbonyl (C=O) groups excluding carboxylic acids is 3. The molecular weight excluding hydrogens is 497 g/mol. The van der Waals surface area contributed by atoms with E-state index in [9.17, 15) is 32.7 Å². The lowest BCUT2D eigenvalue weighted by Crippen LogP contribution is -2.55. The molecule has 2 N–H and O–H groups in total. The number of hydrogen-bond donors (Lipinski definition) is 2. The standard InChI is InChI=1S/C22H21F3N8O4/c1-11(34)9-32-20(36)17-18(31(3)21(32)37)28-10-33(17)12(2)19(35)30-16-8-26-7-14(29-16)13-4-5-15(27-6-13)22(23,24)25/h4-8,10,12,21,37H,9H2,1-3H3,(H,29,30,35)/t12-,21?/m0/s1. The highest BCUT2D eigenvalue weighted by Crippen LogP contribution is 2.31. The molecule has 0 fully saturated rings. The third-order valence-electron chi connectivity index (χ3n) is 5.62. The van der Waals surface area contributed by atoms with Crippen molar-refractivity contribution in [2.75, 3.05) is 23.8 Å². The van der Waals surface area contributed by atoms with E-state index in [0.29, 0.717) is 0 Å². The van der Waals surface area contributed by atoms with Gasteiger partial charge in [-0.1, -0.05) is 0 Å². The molecule has 1 aliphatic heterocycles. The van der Waals surface area contributed by atoms with Gasteiger partial charge in [-0.2, -0.15) is 13.2 Å². The minimum absolute atomic E-state index is 0.00682. The van der Waals surface area contributed by atoms with Gasteiger partial charge in [-0.15, -0.1) is 0 Å². The number of ketones is 1. The van der Waals surface area contributed by atoms with Gasteiger partial charge in [-0.25, -0.2) is 9.97 Å². The lowest BCUT2D eigenvalue weighted by molar-refractivity contribution is -0.141. The highest BCUT2D eigenvalue weighted by atomic mass is 19.4. The van der Waals surface area contributed by atoms with Crippen LogP contribution < -0.4 is 10.2 Å². The Hall–Kier alpha value is -4.40. The van der Waals surface area contributed by atoms with Crippen LogP contribution >= 0.6 is 0 Å². The maximum atomic E-state index is 13.1. The fourth-order valence-electron chi connectivity index (χ4n) is 3.70. The summed E-state index contributed by atoms with van der Waals surface area (Å²) >= 11 is 0. The number of rotatable bonds is 6. The van der Waals surface area contributed by atoms with E-state index in [1.807, 2.05) is 0 Å². The zero-order valence-corrected chi connectivity index (χ0v) is 19.8. The number of Topliss-reactive ketones (excluding diaryl/α,β-unsaturated/α-hetero) is 1. The number of pyridine rings is 1. The molecular formula is C22H21F3N8O4. The lowest BCUT2D eigenvalue weighted by Gasteiger charge is -2.38. The molecule has 2 atom stereocenters. The Labute approximate surface area is 207 Å². The highest BCUT2D eigenvalue weighted by Gasteiger charge is 2.40. The molecule has 194 valence electrons. The van der Waals surface area contributed by atoms with Crippen molar-refractivity contribution in [3.63, 3.8) is 0 Å². The van der Waals surface area contributed by atoms with Crippen LogP contribution in [0.25, 0.3) is 11.3 Å². The fourth-order valence-corrected chi connectivity index (χ4v) is 3.70. The molecule has 37 heavy (non-hydrogen) atoms. The summed E-state index contributed by atoms with van der Waals surface area (Å²) in [5, 5.41) is 13.0. The number of aromatic nitrogens is 5. The molecule has 1 unspecified atom stereocenters. The number of nitrogens with one attached hydrogen (secondary N) is 1. The lowest BCUT2D eigenvalue weighted by atomic mass is 10.2. The molecule has 0 saturated carbocycles. The number of imidazole rings is 1. The van der Waals surface area contributed by atoms with Crippen molar-refractivity contribution in [1.82, 2.24) is 29.4 Å². The minimum atomic E-state index is -4.58. The quantitative estimate of drug-likeness (QED) is 0.498. The zero-order valence-electron chi connectivity index (χ0n) is 19.8. The van der Waals surface area contributed by atoms with Crippen LogP contribution in [0.1, 0.15) is 36.1 Å². The van der Waals surface area contributed by atoms with Crippen LogP contribution in [0, 0.1) is 0 Å². The normalized spacial score (nSPS) is 16.4. The second-order valence-electron chi connectivity index (χ2n) is 8.30. The maximum Gasteiger partial charge on any atom is 0.433 e. The van der Waals surface area contributed by atoms with Crippen molar-refractivity contribution in [2.24, 2.45) is 0 Å². The van der Waals surface area contributed by atoms with Crippen LogP contribution in [0.5, 0.6) is 0 Å². The van der Waals surface area contributed by atoms with Crippen LogP contribution in [-0.2, 0) is 15.8 Å². The van der Waals surface area contributed by atoms with Gasteiger partial charge >= 0.3 is 6.18 Å². The molecule has 0 bridgehead atoms. The molecule has 0 saturated heterocycles. The number of hydrogen-bond acceptors (Lipinski definition) is 9. The van der Waals surface area contributed by atoms with Gasteiger partial charge < -0.3 is 19.9 Å². The van der Waals surface area contributed by atoms with Crippen molar-refractivity contribution in [3.8, 4) is 11.3 Å². The van der Waals surface area contributed by atoms with Gasteiger partial charge in [0.2, 0.25) is 12.3 Å². The second kappa shape index (κ2) is 9.57. The van der Waals surface area contributed by atoms with Gasteiger partial charge in [-0.3, -0.25) is 29.3 Å². The Bertz CT molecular complexity index is 1360. The zero-order chi connectivity index (χ0) is 27.1. The van der Waals surface area contributed by atoms with Crippen LogP contribution in [0.2, 0.25) is 0 Å². The molecule has 12 nitrogen and oxygen atoms in total. The van der Waals surface area contributed by atoms with E-state index in [1.165, 1.54) is 55.1 Å². The first-order valence-corrected chi connectivity index (χ1v) is 10.8. The number of carbonyl (C=O) groups is 3. The van der Waals surface area contributed by atoms with E-state index in [2.05, 4.69) is 25.3 Å². The average Bonchev–Trinajstić information content (AvgIpc) is 3.30. The molecule has 0 radical (unpaired) electrons. The SMILES string of the molecule is CC(=O)CN1C(=O)c2c(ncn2[C@@H](C)C(=O)Nc2cncc(-c3ccc(C(F)(F)F)nc3)n2)N(C)C1O. The number of fused-ring (bicyclic) bond motifs is 1. The second-order valence-corrected chi connectivity index (χ2v) is 8.30. The average molecular weight is 518 g/mol. The summed E-state index contributed by atoms with van der Waals surface area (Å²) in [6, 6.07) is 1.02. The van der Waals surface area contributed by atoms with Crippen molar-refractivity contribution in [2.45, 2.75) is 32.4 Å². The number of aliphatic hydroxyl groups excluding tert-OH is 1. The molecule has 0 spiro atoms. The van der Waals surface area contributed by atoms with E-state index in [0.717, 1.165) is 17.2 Å². The Morgan fingerprint density at radius 1 is 1.19 bits per heavy atom. The maximum absolute atomic E-state index is 13.1. The summed E-state index contributed by atoms with van der Waals surface area (Å²) in [6.07, 6.45) is -1.17. The topological polar surface area (TPSA) is 146 Å². The van der Waals surface area contributed by atoms with Gasteiger partial charge in [-0.05, 0) is 26.0 Å². The summed E-state index contributed by atoms with van der Waals surface area (Å²) in [5.74, 6) is -1.47. The number of alkyl halides is 3. The molecule has 3 aromatic heterocycles. The Kier molecular flexibility index (Phi) is 6.64. The Morgan fingerprint density at radius 2 is 1.92 bits per heavy atom. The Morgan fingerprint density at radius 3 is 2.54 bits per heavy atom. The molecule has 4 rings (SSSR count). The van der Waals surface area contributed by atoms with E-state index in [4.69, 9.17) is 0 Å². The third-order valence-corrected chi connectivity index (χ3v) is 5.62. The van der Waals surface area contributed by atoms with Gasteiger partial charge in [0.05, 0.1) is 31.0 Å². The van der Waals surface area contributed by atoms with Gasteiger partial charge in [0.15, 0.2) is 17.3 Å². The van der Waals surface area contributed by atoms with Crippen LogP contribution in [0.15, 0.2) is 37.1 Å². The number of amides is 2. The smallest absolute Gasteiger partial charge is 0.356 e. The monoisotopic (exact) mass is 518 g/mol. The highest BCUT2D eigenvalue weighted by molar-refractivity contribution is 6.02. The Balaban J connectivity index is 1.55. The van der Waals surface area contributed by atoms with Crippen molar-refractivity contribution in [3.05, 3.63) is 48.4 Å². The van der Waals surface area contributed by atoms with Crippen molar-refractivity contribution < 1.29 is 32.7 Å². The van der Waals surface area contributed by atoms with E-state index >= 15 is 0 Å². The predicted octanol–water partition coefficient (Wildman–Crippen LogP) is 1.71. The summed E-state index contributed by atoms with van der Waals surface area (Å²) in [4.78, 5) is 55.6. The minimum Gasteiger partial charge on any atom is -0.356 e. The summed E-state index contributed by atoms with van der Waals surface area (Å²) in [7, 11) is 1.49. The fraction of sp³-hybridized carbons (Fsp3) is 0.318. The molecule has 3 aromatic rings. The van der Waals surface area contributed by atoms with Crippen LogP contribution in [-0.4, -0.2) is 72.1 Å². The first-order chi connectivity index (χ1) is 17.4. The van der Waals surface area contributed by atoms with Crippen LogP contribution in [0.4, 0.5) is 24.8 Å². The molecule has 1 aliphatic rings. The van der Waals surface area contributed by atoms with E-state index in [-0.39, 0.29) is 40.9 Å². The molecule has 0 aliphatic carbocycles. The summed E-state index contributed by atoms with van der Waals surface area (Å²) < 4.78 is 39.6. The number of halogens is 3. The van der Waals surface area contributed by atoms with Crippen molar-refractivity contribution in [1.29, 1.82) is 0 Å². The summed E-state index contributed by atoms with van der Waals surface area (Å²) in [6.45, 7) is 2.44. The number of anilines is 2. The van der Waals surface area contributed by atoms with Crippen LogP contribution in [0.3, 0.4) is 0 Å². The molecule has 0 aromatic carbocycles. The number of aliphatic hydroxyl groups is 1. The largest absolute Gasteiger partial charge is 0.433 e. The van der Waals surface area contributed by atoms with Gasteiger partial charge in [0.1, 0.15) is 17.5 Å². The van der Waals surface area contributed by atoms with E-state index in [1.54, 1.807) is 0 Å². The van der Waals surface area contributed by atoms with Crippen molar-refractivity contribution >= 4 is 29.2 Å². The van der Waals surface area contributed by atoms with E-state index < -0.39 is 36.1 Å². The first-order valence-electron chi connectivity index (χ1n) is 10.8. The number of nitrogens with zero attached hydrogens (tertiary/aromatic N) is 7. The van der Waals surface area contributed by atoms with Gasteiger partial charge in [0, 0.05) is 18.8 Å². The third kappa shape index (κ3) is 4.97. The predicted molar refractivity (Wildman–Crippen MR) is 122 cm³/mol. The molecule has 4 heterocycles. The summed E-state index contributed by atoms with van der Waals surface area (Å²) in [5.41, 5.74) is -0.614. The molecule has 15 heteroatoms. The molecule has 2 amide bonds. The first kappa shape index (κ1) is 25.7.